The molecule has 1 aliphatic rings. The summed E-state index contributed by atoms with van der Waals surface area (Å²) in [4.78, 5) is 12.4. The molecule has 4 atom stereocenters. The van der Waals surface area contributed by atoms with Gasteiger partial charge < -0.3 is 19.8 Å². The first-order valence-corrected chi connectivity index (χ1v) is 10.3. The molecule has 3 unspecified atom stereocenters. The SMILES string of the molecule is O=COc1ccc(C2[C@@H](CCC(O)c3ccc(F)cc3)C(O)N2c2ccc(F)cc2)cc1. The number of anilines is 1. The molecule has 0 aliphatic carbocycles. The van der Waals surface area contributed by atoms with Gasteiger partial charge in [0.2, 0.25) is 0 Å². The van der Waals surface area contributed by atoms with Crippen LogP contribution in [0.1, 0.15) is 36.1 Å². The summed E-state index contributed by atoms with van der Waals surface area (Å²) in [5.74, 6) is -0.532. The van der Waals surface area contributed by atoms with Gasteiger partial charge in [-0.15, -0.1) is 0 Å². The predicted octanol–water partition coefficient (Wildman–Crippen LogP) is 4.51. The molecule has 4 rings (SSSR count). The van der Waals surface area contributed by atoms with Crippen molar-refractivity contribution >= 4 is 12.2 Å². The molecular weight excluding hydrogens is 416 g/mol. The van der Waals surface area contributed by atoms with Gasteiger partial charge >= 0.3 is 0 Å². The Bertz CT molecular complexity index is 1040. The fourth-order valence-electron chi connectivity index (χ4n) is 4.28. The van der Waals surface area contributed by atoms with Crippen molar-refractivity contribution in [3.8, 4) is 5.75 Å². The van der Waals surface area contributed by atoms with Gasteiger partial charge in [0.15, 0.2) is 0 Å². The zero-order valence-electron chi connectivity index (χ0n) is 17.1. The van der Waals surface area contributed by atoms with Gasteiger partial charge in [-0.3, -0.25) is 4.79 Å². The highest BCUT2D eigenvalue weighted by Crippen LogP contribution is 2.49. The van der Waals surface area contributed by atoms with Crippen LogP contribution in [0.3, 0.4) is 0 Å². The molecule has 1 fully saturated rings. The molecule has 7 heteroatoms. The lowest BCUT2D eigenvalue weighted by molar-refractivity contribution is -0.120. The van der Waals surface area contributed by atoms with Crippen LogP contribution >= 0.6 is 0 Å². The first kappa shape index (κ1) is 21.9. The number of nitrogens with zero attached hydrogens (tertiary/aromatic N) is 1. The first-order valence-electron chi connectivity index (χ1n) is 10.3. The Morgan fingerprint density at radius 1 is 0.938 bits per heavy atom. The Hall–Kier alpha value is -3.29. The Kier molecular flexibility index (Phi) is 6.48. The van der Waals surface area contributed by atoms with Gasteiger partial charge in [-0.2, -0.15) is 0 Å². The molecule has 0 bridgehead atoms. The second-order valence-electron chi connectivity index (χ2n) is 7.83. The van der Waals surface area contributed by atoms with Gasteiger partial charge in [-0.05, 0) is 72.5 Å². The molecule has 2 N–H and O–H groups in total. The van der Waals surface area contributed by atoms with Crippen molar-refractivity contribution < 1.29 is 28.5 Å². The summed E-state index contributed by atoms with van der Waals surface area (Å²) in [5.41, 5.74) is 2.18. The van der Waals surface area contributed by atoms with Crippen molar-refractivity contribution in [3.63, 3.8) is 0 Å². The van der Waals surface area contributed by atoms with E-state index in [4.69, 9.17) is 4.74 Å². The standard InChI is InChI=1S/C25H23F2NO4/c26-18-5-1-16(2-6-18)23(30)14-13-22-24(17-3-11-21(12-4-17)32-15-29)28(25(22)31)20-9-7-19(27)8-10-20/h1-12,15,22-25,30-31H,13-14H2/t22-,23?,24?,25?/m1/s1. The number of ether oxygens (including phenoxy) is 1. The van der Waals surface area contributed by atoms with E-state index in [1.807, 2.05) is 12.1 Å². The van der Waals surface area contributed by atoms with E-state index < -0.39 is 12.3 Å². The van der Waals surface area contributed by atoms with Gasteiger partial charge in [0.05, 0.1) is 12.1 Å². The molecule has 3 aromatic rings. The normalized spacial score (nSPS) is 21.0. The topological polar surface area (TPSA) is 70.0 Å². The van der Waals surface area contributed by atoms with Crippen molar-refractivity contribution in [2.24, 2.45) is 5.92 Å². The van der Waals surface area contributed by atoms with E-state index in [1.54, 1.807) is 41.3 Å². The minimum Gasteiger partial charge on any atom is -0.429 e. The average Bonchev–Trinajstić information content (AvgIpc) is 2.80. The number of rotatable bonds is 8. The van der Waals surface area contributed by atoms with E-state index in [0.29, 0.717) is 36.3 Å². The number of aliphatic hydroxyl groups is 2. The summed E-state index contributed by atoms with van der Waals surface area (Å²) >= 11 is 0. The lowest BCUT2D eigenvalue weighted by Gasteiger charge is -2.54. The molecule has 5 nitrogen and oxygen atoms in total. The smallest absolute Gasteiger partial charge is 0.298 e. The summed E-state index contributed by atoms with van der Waals surface area (Å²) in [6.45, 7) is 0.354. The third-order valence-corrected chi connectivity index (χ3v) is 5.93. The van der Waals surface area contributed by atoms with Crippen LogP contribution in [0.4, 0.5) is 14.5 Å². The lowest BCUT2D eigenvalue weighted by atomic mass is 9.77. The Morgan fingerprint density at radius 2 is 1.53 bits per heavy atom. The molecule has 32 heavy (non-hydrogen) atoms. The molecule has 0 spiro atoms. The van der Waals surface area contributed by atoms with Crippen molar-refractivity contribution in [1.82, 2.24) is 0 Å². The van der Waals surface area contributed by atoms with Crippen molar-refractivity contribution in [2.45, 2.75) is 31.2 Å². The molecule has 0 saturated carbocycles. The highest BCUT2D eigenvalue weighted by Gasteiger charge is 2.48. The number of aliphatic hydroxyl groups excluding tert-OH is 2. The number of halogens is 2. The fraction of sp³-hybridized carbons (Fsp3) is 0.240. The maximum absolute atomic E-state index is 13.4. The third-order valence-electron chi connectivity index (χ3n) is 5.93. The van der Waals surface area contributed by atoms with Crippen LogP contribution in [0.5, 0.6) is 5.75 Å². The number of carbonyl (C=O) groups excluding carboxylic acids is 1. The summed E-state index contributed by atoms with van der Waals surface area (Å²) < 4.78 is 31.4. The molecule has 1 heterocycles. The maximum atomic E-state index is 13.4. The van der Waals surface area contributed by atoms with Crippen LogP contribution in [0.2, 0.25) is 0 Å². The van der Waals surface area contributed by atoms with E-state index in [9.17, 15) is 23.8 Å². The number of hydrogen-bond acceptors (Lipinski definition) is 5. The number of carbonyl (C=O) groups is 1. The Balaban J connectivity index is 1.54. The molecule has 166 valence electrons. The number of hydrogen-bond donors (Lipinski definition) is 2. The summed E-state index contributed by atoms with van der Waals surface area (Å²) in [5, 5.41) is 21.4. The number of benzene rings is 3. The van der Waals surface area contributed by atoms with E-state index in [0.717, 1.165) is 5.56 Å². The molecular formula is C25H23F2NO4. The van der Waals surface area contributed by atoms with Gasteiger partial charge in [-0.1, -0.05) is 24.3 Å². The highest BCUT2D eigenvalue weighted by molar-refractivity contribution is 5.54. The van der Waals surface area contributed by atoms with E-state index in [1.165, 1.54) is 24.3 Å². The zero-order valence-corrected chi connectivity index (χ0v) is 17.1. The maximum Gasteiger partial charge on any atom is 0.298 e. The zero-order chi connectivity index (χ0) is 22.7. The quantitative estimate of drug-likeness (QED) is 0.506. The van der Waals surface area contributed by atoms with E-state index >= 15 is 0 Å². The summed E-state index contributed by atoms with van der Waals surface area (Å²) in [6, 6.07) is 18.3. The molecule has 0 radical (unpaired) electrons. The van der Waals surface area contributed by atoms with Crippen LogP contribution in [0.15, 0.2) is 72.8 Å². The van der Waals surface area contributed by atoms with Gasteiger partial charge in [0.1, 0.15) is 23.6 Å². The van der Waals surface area contributed by atoms with Crippen molar-refractivity contribution in [3.05, 3.63) is 95.6 Å². The van der Waals surface area contributed by atoms with E-state index in [2.05, 4.69) is 0 Å². The van der Waals surface area contributed by atoms with Crippen LogP contribution < -0.4 is 9.64 Å². The second-order valence-corrected chi connectivity index (χ2v) is 7.83. The molecule has 0 amide bonds. The van der Waals surface area contributed by atoms with Crippen LogP contribution in [-0.2, 0) is 4.79 Å². The van der Waals surface area contributed by atoms with Crippen molar-refractivity contribution in [2.75, 3.05) is 4.90 Å². The van der Waals surface area contributed by atoms with E-state index in [-0.39, 0.29) is 23.6 Å². The van der Waals surface area contributed by atoms with Crippen LogP contribution in [0, 0.1) is 17.6 Å². The summed E-state index contributed by atoms with van der Waals surface area (Å²) in [7, 11) is 0. The minimum absolute atomic E-state index is 0.201. The highest BCUT2D eigenvalue weighted by atomic mass is 19.1. The lowest BCUT2D eigenvalue weighted by Crippen LogP contribution is -2.58. The van der Waals surface area contributed by atoms with Gasteiger partial charge in [0, 0.05) is 11.6 Å². The average molecular weight is 439 g/mol. The van der Waals surface area contributed by atoms with Crippen LogP contribution in [-0.4, -0.2) is 22.9 Å². The van der Waals surface area contributed by atoms with Gasteiger partial charge in [-0.25, -0.2) is 8.78 Å². The fourth-order valence-corrected chi connectivity index (χ4v) is 4.28. The Morgan fingerprint density at radius 3 is 2.12 bits per heavy atom. The monoisotopic (exact) mass is 439 g/mol. The third kappa shape index (κ3) is 4.49. The van der Waals surface area contributed by atoms with Crippen LogP contribution in [0.25, 0.3) is 0 Å². The largest absolute Gasteiger partial charge is 0.429 e. The molecule has 1 aliphatic heterocycles. The predicted molar refractivity (Wildman–Crippen MR) is 115 cm³/mol. The van der Waals surface area contributed by atoms with Gasteiger partial charge in [0.25, 0.3) is 6.47 Å². The van der Waals surface area contributed by atoms with Crippen molar-refractivity contribution in [1.29, 1.82) is 0 Å². The molecule has 3 aromatic carbocycles. The molecule has 0 aromatic heterocycles. The second kappa shape index (κ2) is 9.46. The summed E-state index contributed by atoms with van der Waals surface area (Å²) in [6.07, 6.45) is -0.717. The minimum atomic E-state index is -0.822. The Labute approximate surface area is 184 Å². The molecule has 1 saturated heterocycles. The first-order chi connectivity index (χ1) is 15.5.